The fourth-order valence-electron chi connectivity index (χ4n) is 3.68. The molecule has 1 saturated carbocycles. The number of carbonyl (C=O) groups is 2. The quantitative estimate of drug-likeness (QED) is 0.810. The molecule has 2 fully saturated rings. The highest BCUT2D eigenvalue weighted by molar-refractivity contribution is 7.80. The van der Waals surface area contributed by atoms with Gasteiger partial charge in [0.25, 0.3) is 5.91 Å². The minimum absolute atomic E-state index is 0.0145. The van der Waals surface area contributed by atoms with Crippen molar-refractivity contribution < 1.29 is 9.59 Å². The first-order valence-corrected chi connectivity index (χ1v) is 9.53. The predicted molar refractivity (Wildman–Crippen MR) is 103 cm³/mol. The number of hydrogen-bond acceptors (Lipinski definition) is 3. The van der Waals surface area contributed by atoms with E-state index in [1.54, 1.807) is 6.07 Å². The first-order chi connectivity index (χ1) is 12.1. The van der Waals surface area contributed by atoms with Gasteiger partial charge in [-0.3, -0.25) is 9.59 Å². The lowest BCUT2D eigenvalue weighted by molar-refractivity contribution is -0.120. The summed E-state index contributed by atoms with van der Waals surface area (Å²) in [5, 5.41) is 6.02. The van der Waals surface area contributed by atoms with Crippen LogP contribution in [0.5, 0.6) is 0 Å². The van der Waals surface area contributed by atoms with Gasteiger partial charge >= 0.3 is 0 Å². The van der Waals surface area contributed by atoms with Crippen LogP contribution in [0.25, 0.3) is 0 Å². The number of thiocarbonyl (C=S) groups is 1. The number of rotatable bonds is 4. The Morgan fingerprint density at radius 1 is 1.08 bits per heavy atom. The normalized spacial score (nSPS) is 17.5. The molecular weight excluding hydrogens is 334 g/mol. The van der Waals surface area contributed by atoms with Gasteiger partial charge in [0.05, 0.1) is 11.3 Å². The number of nitrogens with zero attached hydrogens (tertiary/aromatic N) is 1. The molecule has 3 rings (SSSR count). The molecule has 0 aromatic heterocycles. The highest BCUT2D eigenvalue weighted by atomic mass is 32.1. The molecule has 5 nitrogen and oxygen atoms in total. The van der Waals surface area contributed by atoms with Crippen LogP contribution in [0.4, 0.5) is 5.69 Å². The van der Waals surface area contributed by atoms with Crippen molar-refractivity contribution in [1.82, 2.24) is 10.2 Å². The maximum atomic E-state index is 12.7. The van der Waals surface area contributed by atoms with Gasteiger partial charge in [0.2, 0.25) is 5.91 Å². The fourth-order valence-corrected chi connectivity index (χ4v) is 3.90. The maximum Gasteiger partial charge on any atom is 0.255 e. The Balaban J connectivity index is 1.59. The summed E-state index contributed by atoms with van der Waals surface area (Å²) in [6.45, 7) is 1.60. The average molecular weight is 359 g/mol. The van der Waals surface area contributed by atoms with Gasteiger partial charge in [-0.1, -0.05) is 25.0 Å². The summed E-state index contributed by atoms with van der Waals surface area (Å²) < 4.78 is 0. The third kappa shape index (κ3) is 4.78. The number of amides is 2. The summed E-state index contributed by atoms with van der Waals surface area (Å²) in [5.41, 5.74) is 1.24. The van der Waals surface area contributed by atoms with Gasteiger partial charge in [-0.2, -0.15) is 0 Å². The molecule has 0 bridgehead atoms. The minimum Gasteiger partial charge on any atom is -0.339 e. The van der Waals surface area contributed by atoms with Crippen molar-refractivity contribution in [3.63, 3.8) is 0 Å². The van der Waals surface area contributed by atoms with E-state index in [4.69, 9.17) is 12.2 Å². The topological polar surface area (TPSA) is 61.4 Å². The maximum absolute atomic E-state index is 12.7. The Morgan fingerprint density at radius 3 is 2.48 bits per heavy atom. The van der Waals surface area contributed by atoms with Crippen molar-refractivity contribution in [1.29, 1.82) is 0 Å². The number of benzene rings is 1. The van der Waals surface area contributed by atoms with Gasteiger partial charge in [0.15, 0.2) is 5.11 Å². The van der Waals surface area contributed by atoms with Crippen LogP contribution in [0.15, 0.2) is 24.3 Å². The van der Waals surface area contributed by atoms with Crippen LogP contribution in [0, 0.1) is 5.92 Å². The van der Waals surface area contributed by atoms with Gasteiger partial charge in [-0.15, -0.1) is 0 Å². The number of para-hydroxylation sites is 1. The van der Waals surface area contributed by atoms with Crippen molar-refractivity contribution in [2.75, 3.05) is 18.4 Å². The molecule has 0 spiro atoms. The Kier molecular flexibility index (Phi) is 6.02. The summed E-state index contributed by atoms with van der Waals surface area (Å²) in [5.74, 6) is 0.445. The Labute approximate surface area is 154 Å². The van der Waals surface area contributed by atoms with E-state index in [9.17, 15) is 9.59 Å². The molecule has 0 radical (unpaired) electrons. The van der Waals surface area contributed by atoms with Crippen molar-refractivity contribution in [3.05, 3.63) is 29.8 Å². The lowest BCUT2D eigenvalue weighted by atomic mass is 10.0. The zero-order valence-electron chi connectivity index (χ0n) is 14.4. The molecule has 6 heteroatoms. The summed E-state index contributed by atoms with van der Waals surface area (Å²) in [6, 6.07) is 7.31. The second-order valence-electron chi connectivity index (χ2n) is 6.90. The molecule has 1 aromatic rings. The summed E-state index contributed by atoms with van der Waals surface area (Å²) in [7, 11) is 0. The number of carbonyl (C=O) groups excluding carboxylic acids is 2. The lowest BCUT2D eigenvalue weighted by Crippen LogP contribution is -2.36. The predicted octanol–water partition coefficient (Wildman–Crippen LogP) is 3.32. The molecule has 1 aliphatic heterocycles. The molecular formula is C19H25N3O2S. The highest BCUT2D eigenvalue weighted by Crippen LogP contribution is 2.27. The van der Waals surface area contributed by atoms with Gasteiger partial charge in [-0.05, 0) is 56.0 Å². The van der Waals surface area contributed by atoms with Crippen LogP contribution in [-0.2, 0) is 4.79 Å². The number of likely N-dealkylation sites (tertiary alicyclic amines) is 1. The molecule has 1 aromatic carbocycles. The smallest absolute Gasteiger partial charge is 0.255 e. The van der Waals surface area contributed by atoms with Crippen LogP contribution in [-0.4, -0.2) is 34.9 Å². The first kappa shape index (κ1) is 17.9. The second-order valence-corrected chi connectivity index (χ2v) is 7.31. The first-order valence-electron chi connectivity index (χ1n) is 9.12. The van der Waals surface area contributed by atoms with Gasteiger partial charge in [0.1, 0.15) is 0 Å². The van der Waals surface area contributed by atoms with Crippen LogP contribution in [0.2, 0.25) is 0 Å². The van der Waals surface area contributed by atoms with Crippen molar-refractivity contribution >= 4 is 34.8 Å². The van der Waals surface area contributed by atoms with Crippen LogP contribution in [0.3, 0.4) is 0 Å². The summed E-state index contributed by atoms with van der Waals surface area (Å²) >= 11 is 5.27. The van der Waals surface area contributed by atoms with E-state index in [1.165, 1.54) is 12.8 Å². The van der Waals surface area contributed by atoms with E-state index in [0.29, 0.717) is 23.6 Å². The van der Waals surface area contributed by atoms with E-state index < -0.39 is 0 Å². The number of nitrogens with one attached hydrogen (secondary N) is 2. The lowest BCUT2D eigenvalue weighted by Gasteiger charge is -2.19. The van der Waals surface area contributed by atoms with Crippen LogP contribution < -0.4 is 10.6 Å². The van der Waals surface area contributed by atoms with Crippen LogP contribution >= 0.6 is 12.2 Å². The van der Waals surface area contributed by atoms with Crippen LogP contribution in [0.1, 0.15) is 55.3 Å². The molecule has 25 heavy (non-hydrogen) atoms. The average Bonchev–Trinajstić information content (AvgIpc) is 3.28. The molecule has 1 saturated heterocycles. The second kappa shape index (κ2) is 8.43. The largest absolute Gasteiger partial charge is 0.339 e. The zero-order chi connectivity index (χ0) is 17.6. The third-order valence-electron chi connectivity index (χ3n) is 5.00. The minimum atomic E-state index is -0.0484. The molecule has 0 atom stereocenters. The Bertz CT molecular complexity index is 650. The molecule has 2 N–H and O–H groups in total. The van der Waals surface area contributed by atoms with E-state index in [0.717, 1.165) is 38.8 Å². The van der Waals surface area contributed by atoms with Crippen molar-refractivity contribution in [3.8, 4) is 0 Å². The molecule has 0 unspecified atom stereocenters. The molecule has 1 heterocycles. The van der Waals surface area contributed by atoms with E-state index >= 15 is 0 Å². The standard InChI is InChI=1S/C19H25N3O2S/c23-17(13-14-7-1-2-8-14)21-19(25)20-16-10-4-3-9-15(16)18(24)22-11-5-6-12-22/h3-4,9-10,14H,1-2,5-8,11-13H2,(H2,20,21,23,25). The third-order valence-corrected chi connectivity index (χ3v) is 5.20. The monoisotopic (exact) mass is 359 g/mol. The Hall–Kier alpha value is -1.95. The van der Waals surface area contributed by atoms with E-state index in [-0.39, 0.29) is 16.9 Å². The van der Waals surface area contributed by atoms with Crippen molar-refractivity contribution in [2.45, 2.75) is 44.9 Å². The van der Waals surface area contributed by atoms with Gasteiger partial charge in [0, 0.05) is 19.5 Å². The molecule has 2 amide bonds. The van der Waals surface area contributed by atoms with E-state index in [2.05, 4.69) is 10.6 Å². The summed E-state index contributed by atoms with van der Waals surface area (Å²) in [6.07, 6.45) is 7.31. The fraction of sp³-hybridized carbons (Fsp3) is 0.526. The number of anilines is 1. The SMILES string of the molecule is O=C(CC1CCCC1)NC(=S)Nc1ccccc1C(=O)N1CCCC1. The summed E-state index contributed by atoms with van der Waals surface area (Å²) in [4.78, 5) is 26.6. The zero-order valence-corrected chi connectivity index (χ0v) is 15.2. The van der Waals surface area contributed by atoms with Gasteiger partial charge < -0.3 is 15.5 Å². The number of hydrogen-bond donors (Lipinski definition) is 2. The van der Waals surface area contributed by atoms with Crippen molar-refractivity contribution in [2.24, 2.45) is 5.92 Å². The molecule has 1 aliphatic carbocycles. The Morgan fingerprint density at radius 2 is 1.76 bits per heavy atom. The molecule has 2 aliphatic rings. The van der Waals surface area contributed by atoms with E-state index in [1.807, 2.05) is 23.1 Å². The van der Waals surface area contributed by atoms with Gasteiger partial charge in [-0.25, -0.2) is 0 Å². The molecule has 134 valence electrons. The highest BCUT2D eigenvalue weighted by Gasteiger charge is 2.22.